The van der Waals surface area contributed by atoms with Crippen molar-refractivity contribution in [3.8, 4) is 12.1 Å². The Morgan fingerprint density at radius 1 is 1.28 bits per heavy atom. The molecule has 0 aliphatic carbocycles. The lowest BCUT2D eigenvalue weighted by atomic mass is 10.2. The lowest BCUT2D eigenvalue weighted by Gasteiger charge is -2.17. The molecule has 0 aliphatic rings. The summed E-state index contributed by atoms with van der Waals surface area (Å²) < 4.78 is 26.1. The Morgan fingerprint density at radius 2 is 1.83 bits per heavy atom. The standard InChI is InChI=1S/C11H10BrN3O2S/c1-9-2-3-10(12)8-11(9)18(16,17)15(6-4-13)7-5-14/h2-3,8H,6-7H2,1H3. The van der Waals surface area contributed by atoms with Gasteiger partial charge in [-0.25, -0.2) is 8.42 Å². The largest absolute Gasteiger partial charge is 0.245 e. The van der Waals surface area contributed by atoms with Crippen molar-refractivity contribution < 1.29 is 8.42 Å². The van der Waals surface area contributed by atoms with Gasteiger partial charge < -0.3 is 0 Å². The zero-order valence-electron chi connectivity index (χ0n) is 9.59. The number of nitrogens with zero attached hydrogens (tertiary/aromatic N) is 3. The minimum absolute atomic E-state index is 0.0994. The predicted octanol–water partition coefficient (Wildman–Crippen LogP) is 1.80. The average molecular weight is 328 g/mol. The van der Waals surface area contributed by atoms with E-state index in [2.05, 4.69) is 15.9 Å². The Labute approximate surface area is 114 Å². The third-order valence-corrected chi connectivity index (χ3v) is 4.69. The second kappa shape index (κ2) is 5.96. The highest BCUT2D eigenvalue weighted by atomic mass is 79.9. The van der Waals surface area contributed by atoms with Crippen LogP contribution in [0.3, 0.4) is 0 Å². The Balaban J connectivity index is 3.32. The highest BCUT2D eigenvalue weighted by Gasteiger charge is 2.25. The minimum atomic E-state index is -3.82. The fourth-order valence-corrected chi connectivity index (χ4v) is 3.37. The van der Waals surface area contributed by atoms with Crippen molar-refractivity contribution in [2.75, 3.05) is 13.1 Å². The van der Waals surface area contributed by atoms with Gasteiger partial charge in [-0.15, -0.1) is 0 Å². The summed E-state index contributed by atoms with van der Waals surface area (Å²) in [5, 5.41) is 17.2. The number of benzene rings is 1. The molecule has 18 heavy (non-hydrogen) atoms. The van der Waals surface area contributed by atoms with Gasteiger partial charge in [-0.2, -0.15) is 14.8 Å². The van der Waals surface area contributed by atoms with E-state index in [1.807, 2.05) is 0 Å². The number of hydrogen-bond donors (Lipinski definition) is 0. The van der Waals surface area contributed by atoms with Crippen molar-refractivity contribution in [2.45, 2.75) is 11.8 Å². The van der Waals surface area contributed by atoms with Crippen LogP contribution in [0.2, 0.25) is 0 Å². The van der Waals surface area contributed by atoms with E-state index < -0.39 is 10.0 Å². The van der Waals surface area contributed by atoms with Crippen molar-refractivity contribution in [3.05, 3.63) is 28.2 Å². The molecule has 0 bridgehead atoms. The molecule has 0 atom stereocenters. The number of rotatable bonds is 4. The van der Waals surface area contributed by atoms with Crippen LogP contribution in [0.4, 0.5) is 0 Å². The molecule has 1 aromatic carbocycles. The first-order valence-electron chi connectivity index (χ1n) is 4.93. The molecule has 7 heteroatoms. The first-order chi connectivity index (χ1) is 8.43. The molecule has 0 N–H and O–H groups in total. The van der Waals surface area contributed by atoms with Crippen LogP contribution in [0.5, 0.6) is 0 Å². The van der Waals surface area contributed by atoms with Gasteiger partial charge in [0.1, 0.15) is 13.1 Å². The summed E-state index contributed by atoms with van der Waals surface area (Å²) in [5.74, 6) is 0. The lowest BCUT2D eigenvalue weighted by Crippen LogP contribution is -2.32. The van der Waals surface area contributed by atoms with Gasteiger partial charge in [-0.1, -0.05) is 22.0 Å². The second-order valence-electron chi connectivity index (χ2n) is 3.50. The van der Waals surface area contributed by atoms with Gasteiger partial charge in [0, 0.05) is 4.47 Å². The molecule has 0 amide bonds. The van der Waals surface area contributed by atoms with E-state index >= 15 is 0 Å². The van der Waals surface area contributed by atoms with Crippen molar-refractivity contribution in [1.82, 2.24) is 4.31 Å². The Bertz CT molecular complexity index is 613. The first-order valence-corrected chi connectivity index (χ1v) is 7.17. The summed E-state index contributed by atoms with van der Waals surface area (Å²) in [6.45, 7) is 0.972. The molecular weight excluding hydrogens is 318 g/mol. The maximum atomic E-state index is 12.3. The van der Waals surface area contributed by atoms with Gasteiger partial charge in [0.15, 0.2) is 0 Å². The zero-order chi connectivity index (χ0) is 13.8. The van der Waals surface area contributed by atoms with Crippen LogP contribution in [-0.4, -0.2) is 25.8 Å². The van der Waals surface area contributed by atoms with E-state index in [0.29, 0.717) is 10.0 Å². The Hall–Kier alpha value is -1.41. The number of nitriles is 2. The monoisotopic (exact) mass is 327 g/mol. The molecule has 0 saturated heterocycles. The molecule has 0 fully saturated rings. The summed E-state index contributed by atoms with van der Waals surface area (Å²) in [4.78, 5) is 0.0994. The molecule has 1 aromatic rings. The van der Waals surface area contributed by atoms with Crippen LogP contribution < -0.4 is 0 Å². The maximum absolute atomic E-state index is 12.3. The summed E-state index contributed by atoms with van der Waals surface area (Å²) >= 11 is 3.20. The molecule has 0 aliphatic heterocycles. The third-order valence-electron chi connectivity index (χ3n) is 2.26. The van der Waals surface area contributed by atoms with Crippen LogP contribution >= 0.6 is 15.9 Å². The molecule has 5 nitrogen and oxygen atoms in total. The van der Waals surface area contributed by atoms with Gasteiger partial charge in [0.25, 0.3) is 0 Å². The summed E-state index contributed by atoms with van der Waals surface area (Å²) in [6.07, 6.45) is 0. The molecule has 0 heterocycles. The van der Waals surface area contributed by atoms with Crippen molar-refractivity contribution in [2.24, 2.45) is 0 Å². The van der Waals surface area contributed by atoms with Crippen LogP contribution in [0.1, 0.15) is 5.56 Å². The predicted molar refractivity (Wildman–Crippen MR) is 68.9 cm³/mol. The average Bonchev–Trinajstić information content (AvgIpc) is 2.32. The van der Waals surface area contributed by atoms with Gasteiger partial charge in [-0.05, 0) is 24.6 Å². The van der Waals surface area contributed by atoms with E-state index in [9.17, 15) is 8.42 Å². The van der Waals surface area contributed by atoms with Gasteiger partial charge in [-0.3, -0.25) is 0 Å². The normalized spacial score (nSPS) is 10.9. The molecule has 94 valence electrons. The number of hydrogen-bond acceptors (Lipinski definition) is 4. The van der Waals surface area contributed by atoms with Crippen molar-refractivity contribution >= 4 is 26.0 Å². The molecule has 1 rings (SSSR count). The summed E-state index contributed by atoms with van der Waals surface area (Å²) in [6, 6.07) is 8.35. The molecular formula is C11H10BrN3O2S. The van der Waals surface area contributed by atoms with Gasteiger partial charge >= 0.3 is 0 Å². The molecule has 0 radical (unpaired) electrons. The maximum Gasteiger partial charge on any atom is 0.245 e. The van der Waals surface area contributed by atoms with Gasteiger partial charge in [0.05, 0.1) is 17.0 Å². The van der Waals surface area contributed by atoms with Crippen LogP contribution in [0.25, 0.3) is 0 Å². The molecule has 0 unspecified atom stereocenters. The minimum Gasteiger partial charge on any atom is -0.207 e. The number of aryl methyl sites for hydroxylation is 1. The quantitative estimate of drug-likeness (QED) is 0.789. The van der Waals surface area contributed by atoms with Crippen LogP contribution in [-0.2, 0) is 10.0 Å². The molecule has 0 spiro atoms. The fraction of sp³-hybridized carbons (Fsp3) is 0.273. The Morgan fingerprint density at radius 3 is 2.33 bits per heavy atom. The number of halogens is 1. The zero-order valence-corrected chi connectivity index (χ0v) is 12.0. The number of sulfonamides is 1. The highest BCUT2D eigenvalue weighted by molar-refractivity contribution is 9.10. The Kier molecular flexibility index (Phi) is 4.85. The third kappa shape index (κ3) is 3.08. The van der Waals surface area contributed by atoms with Crippen LogP contribution in [0, 0.1) is 29.6 Å². The summed E-state index contributed by atoms with van der Waals surface area (Å²) in [5.41, 5.74) is 0.569. The second-order valence-corrected chi connectivity index (χ2v) is 6.32. The lowest BCUT2D eigenvalue weighted by molar-refractivity contribution is 0.479. The van der Waals surface area contributed by atoms with Crippen molar-refractivity contribution in [3.63, 3.8) is 0 Å². The molecule has 0 saturated carbocycles. The van der Waals surface area contributed by atoms with Crippen molar-refractivity contribution in [1.29, 1.82) is 10.5 Å². The van der Waals surface area contributed by atoms with Gasteiger partial charge in [0.2, 0.25) is 10.0 Å². The first kappa shape index (κ1) is 14.7. The van der Waals surface area contributed by atoms with E-state index in [1.54, 1.807) is 31.2 Å². The van der Waals surface area contributed by atoms with E-state index in [1.165, 1.54) is 6.07 Å². The summed E-state index contributed by atoms with van der Waals surface area (Å²) in [7, 11) is -3.82. The smallest absolute Gasteiger partial charge is 0.207 e. The fourth-order valence-electron chi connectivity index (χ4n) is 1.37. The molecule has 0 aromatic heterocycles. The van der Waals surface area contributed by atoms with E-state index in [4.69, 9.17) is 10.5 Å². The topological polar surface area (TPSA) is 85.0 Å². The van der Waals surface area contributed by atoms with E-state index in [0.717, 1.165) is 4.31 Å². The SMILES string of the molecule is Cc1ccc(Br)cc1S(=O)(=O)N(CC#N)CC#N. The van der Waals surface area contributed by atoms with Crippen LogP contribution in [0.15, 0.2) is 27.6 Å². The highest BCUT2D eigenvalue weighted by Crippen LogP contribution is 2.23. The van der Waals surface area contributed by atoms with E-state index in [-0.39, 0.29) is 18.0 Å².